The SMILES string of the molecule is CCCCCCCC.O=[PH+]O. The van der Waals surface area contributed by atoms with Crippen LogP contribution in [-0.4, -0.2) is 4.89 Å². The Bertz CT molecular complexity index is 61.1. The summed E-state index contributed by atoms with van der Waals surface area (Å²) in [6, 6.07) is 0. The molecule has 68 valence electrons. The van der Waals surface area contributed by atoms with Crippen molar-refractivity contribution in [1.29, 1.82) is 0 Å². The van der Waals surface area contributed by atoms with Crippen LogP contribution in [0.25, 0.3) is 0 Å². The highest BCUT2D eigenvalue weighted by atomic mass is 31.1. The Hall–Kier alpha value is 0.0600. The van der Waals surface area contributed by atoms with E-state index in [1.54, 1.807) is 0 Å². The second-order valence-electron chi connectivity index (χ2n) is 2.51. The molecule has 0 aromatic heterocycles. The highest BCUT2D eigenvalue weighted by Crippen LogP contribution is 2.03. The summed E-state index contributed by atoms with van der Waals surface area (Å²) in [5, 5.41) is 0. The Kier molecular flexibility index (Phi) is 20.5. The van der Waals surface area contributed by atoms with Gasteiger partial charge in [-0.1, -0.05) is 52.4 Å². The molecule has 0 aromatic rings. The fourth-order valence-corrected chi connectivity index (χ4v) is 0.854. The maximum Gasteiger partial charge on any atom is 0.491 e. The van der Waals surface area contributed by atoms with Gasteiger partial charge in [-0.2, -0.15) is 4.89 Å². The van der Waals surface area contributed by atoms with E-state index in [0.29, 0.717) is 0 Å². The maximum atomic E-state index is 8.51. The molecule has 0 bridgehead atoms. The van der Waals surface area contributed by atoms with E-state index in [2.05, 4.69) is 13.8 Å². The van der Waals surface area contributed by atoms with Gasteiger partial charge in [0.25, 0.3) is 0 Å². The molecule has 0 heterocycles. The summed E-state index contributed by atoms with van der Waals surface area (Å²) in [6.07, 6.45) is 8.49. The van der Waals surface area contributed by atoms with Crippen molar-refractivity contribution in [2.24, 2.45) is 0 Å². The van der Waals surface area contributed by atoms with Crippen molar-refractivity contribution in [2.75, 3.05) is 0 Å². The monoisotopic (exact) mass is 179 g/mol. The second kappa shape index (κ2) is 16.6. The Balaban J connectivity index is 0. The highest BCUT2D eigenvalue weighted by Gasteiger charge is 1.83. The molecule has 0 amide bonds. The van der Waals surface area contributed by atoms with Gasteiger partial charge in [-0.15, -0.1) is 0 Å². The van der Waals surface area contributed by atoms with Crippen LogP contribution in [0.4, 0.5) is 0 Å². The third kappa shape index (κ3) is 25.5. The maximum absolute atomic E-state index is 8.51. The smallest absolute Gasteiger partial charge is 0.162 e. The van der Waals surface area contributed by atoms with Gasteiger partial charge >= 0.3 is 8.69 Å². The molecule has 0 spiro atoms. The largest absolute Gasteiger partial charge is 0.491 e. The fraction of sp³-hybridized carbons (Fsp3) is 1.00. The molecule has 2 nitrogen and oxygen atoms in total. The van der Waals surface area contributed by atoms with E-state index in [9.17, 15) is 0 Å². The zero-order valence-electron chi connectivity index (χ0n) is 7.60. The summed E-state index contributed by atoms with van der Waals surface area (Å²) < 4.78 is 8.51. The van der Waals surface area contributed by atoms with E-state index < -0.39 is 8.69 Å². The van der Waals surface area contributed by atoms with Crippen LogP contribution in [0.15, 0.2) is 0 Å². The van der Waals surface area contributed by atoms with Gasteiger partial charge in [0, 0.05) is 0 Å². The molecule has 0 saturated heterocycles. The molecule has 0 rings (SSSR count). The Labute approximate surface area is 71.3 Å². The van der Waals surface area contributed by atoms with Gasteiger partial charge in [-0.25, -0.2) is 0 Å². The number of rotatable bonds is 5. The molecular formula is C8H20O2P+. The minimum absolute atomic E-state index is 1.17. The standard InChI is InChI=1S/C8H18.HO2P/c1-3-5-7-8-6-4-2;1-3-2/h3-8H2,1-2H3;3H/p+1. The summed E-state index contributed by atoms with van der Waals surface area (Å²) in [5.74, 6) is 0. The topological polar surface area (TPSA) is 37.3 Å². The van der Waals surface area contributed by atoms with Crippen molar-refractivity contribution < 1.29 is 9.46 Å². The van der Waals surface area contributed by atoms with Gasteiger partial charge in [-0.05, 0) is 4.57 Å². The van der Waals surface area contributed by atoms with E-state index >= 15 is 0 Å². The van der Waals surface area contributed by atoms with Gasteiger partial charge in [0.15, 0.2) is 0 Å². The van der Waals surface area contributed by atoms with Crippen LogP contribution in [0.3, 0.4) is 0 Å². The summed E-state index contributed by atoms with van der Waals surface area (Å²) in [6.45, 7) is 4.51. The molecule has 0 aromatic carbocycles. The van der Waals surface area contributed by atoms with E-state index in [-0.39, 0.29) is 0 Å². The quantitative estimate of drug-likeness (QED) is 0.519. The summed E-state index contributed by atoms with van der Waals surface area (Å²) >= 11 is 0. The van der Waals surface area contributed by atoms with Crippen LogP contribution < -0.4 is 0 Å². The zero-order valence-corrected chi connectivity index (χ0v) is 8.60. The molecule has 11 heavy (non-hydrogen) atoms. The molecule has 0 radical (unpaired) electrons. The first kappa shape index (κ1) is 13.6. The molecule has 0 fully saturated rings. The average molecular weight is 179 g/mol. The number of hydrogen-bond acceptors (Lipinski definition) is 1. The van der Waals surface area contributed by atoms with Crippen molar-refractivity contribution >= 4 is 8.69 Å². The minimum Gasteiger partial charge on any atom is -0.162 e. The summed E-state index contributed by atoms with van der Waals surface area (Å²) in [7, 11) is -1.17. The first-order valence-corrected chi connectivity index (χ1v) is 5.20. The molecule has 0 aliphatic carbocycles. The van der Waals surface area contributed by atoms with Gasteiger partial charge < -0.3 is 0 Å². The van der Waals surface area contributed by atoms with Gasteiger partial charge in [0.1, 0.15) is 0 Å². The van der Waals surface area contributed by atoms with E-state index in [1.807, 2.05) is 0 Å². The van der Waals surface area contributed by atoms with Crippen molar-refractivity contribution in [3.8, 4) is 0 Å². The third-order valence-electron chi connectivity index (χ3n) is 1.46. The first-order chi connectivity index (χ1) is 5.33. The lowest BCUT2D eigenvalue weighted by Gasteiger charge is -1.93. The van der Waals surface area contributed by atoms with Crippen molar-refractivity contribution in [2.45, 2.75) is 52.4 Å². The van der Waals surface area contributed by atoms with Crippen LogP contribution in [0.5, 0.6) is 0 Å². The van der Waals surface area contributed by atoms with E-state index in [0.717, 1.165) is 0 Å². The minimum atomic E-state index is -1.17. The Morgan fingerprint density at radius 2 is 1.27 bits per heavy atom. The first-order valence-electron chi connectivity index (χ1n) is 4.34. The van der Waals surface area contributed by atoms with Crippen molar-refractivity contribution in [1.82, 2.24) is 0 Å². The average Bonchev–Trinajstić information content (AvgIpc) is 2.00. The lowest BCUT2D eigenvalue weighted by Crippen LogP contribution is -1.73. The Morgan fingerprint density at radius 3 is 1.45 bits per heavy atom. The molecule has 0 saturated carbocycles. The normalized spacial score (nSPS) is 9.00. The lowest BCUT2D eigenvalue weighted by molar-refractivity contribution is 0.524. The van der Waals surface area contributed by atoms with Crippen molar-refractivity contribution in [3.63, 3.8) is 0 Å². The van der Waals surface area contributed by atoms with Gasteiger partial charge in [0.2, 0.25) is 0 Å². The molecule has 1 N–H and O–H groups in total. The highest BCUT2D eigenvalue weighted by molar-refractivity contribution is 7.16. The van der Waals surface area contributed by atoms with Gasteiger partial charge in [0.05, 0.1) is 0 Å². The second-order valence-corrected chi connectivity index (χ2v) is 2.69. The van der Waals surface area contributed by atoms with Gasteiger partial charge in [-0.3, -0.25) is 0 Å². The van der Waals surface area contributed by atoms with Crippen LogP contribution in [0, 0.1) is 0 Å². The predicted octanol–water partition coefficient (Wildman–Crippen LogP) is 3.28. The van der Waals surface area contributed by atoms with Crippen molar-refractivity contribution in [3.05, 3.63) is 0 Å². The lowest BCUT2D eigenvalue weighted by atomic mass is 10.1. The molecule has 1 atom stereocenters. The summed E-state index contributed by atoms with van der Waals surface area (Å²) in [4.78, 5) is 7.04. The summed E-state index contributed by atoms with van der Waals surface area (Å²) in [5.41, 5.74) is 0. The fourth-order valence-electron chi connectivity index (χ4n) is 0.854. The number of hydrogen-bond donors (Lipinski definition) is 1. The van der Waals surface area contributed by atoms with E-state index in [4.69, 9.17) is 9.46 Å². The molecule has 3 heteroatoms. The molecular weight excluding hydrogens is 159 g/mol. The molecule has 1 unspecified atom stereocenters. The predicted molar refractivity (Wildman–Crippen MR) is 50.3 cm³/mol. The molecule has 0 aliphatic rings. The van der Waals surface area contributed by atoms with Crippen LogP contribution in [0.2, 0.25) is 0 Å². The van der Waals surface area contributed by atoms with Crippen LogP contribution in [-0.2, 0) is 4.57 Å². The Morgan fingerprint density at radius 1 is 1.00 bits per heavy atom. The van der Waals surface area contributed by atoms with Crippen LogP contribution >= 0.6 is 8.69 Å². The van der Waals surface area contributed by atoms with Crippen LogP contribution in [0.1, 0.15) is 52.4 Å². The molecule has 0 aliphatic heterocycles. The third-order valence-corrected chi connectivity index (χ3v) is 1.46. The van der Waals surface area contributed by atoms with E-state index in [1.165, 1.54) is 38.5 Å². The number of unbranched alkanes of at least 4 members (excludes halogenated alkanes) is 5. The zero-order chi connectivity index (χ0) is 8.95.